The number of aliphatic hydroxyl groups excluding tert-OH is 1. The lowest BCUT2D eigenvalue weighted by atomic mass is 10.2. The van der Waals surface area contributed by atoms with Crippen molar-refractivity contribution in [1.82, 2.24) is 10.1 Å². The van der Waals surface area contributed by atoms with Crippen LogP contribution < -0.4 is 0 Å². The highest BCUT2D eigenvalue weighted by Gasteiger charge is 2.39. The van der Waals surface area contributed by atoms with E-state index in [1.54, 1.807) is 23.5 Å². The predicted octanol–water partition coefficient (Wildman–Crippen LogP) is 2.83. The first kappa shape index (κ1) is 16.0. The van der Waals surface area contributed by atoms with Crippen molar-refractivity contribution in [3.05, 3.63) is 11.7 Å². The summed E-state index contributed by atoms with van der Waals surface area (Å²) in [5.41, 5.74) is 0. The molecule has 20 heavy (non-hydrogen) atoms. The molecule has 1 aromatic heterocycles. The molecule has 1 aliphatic heterocycles. The van der Waals surface area contributed by atoms with Gasteiger partial charge in [-0.1, -0.05) is 19.0 Å². The lowest BCUT2D eigenvalue weighted by molar-refractivity contribution is -0.204. The SMILES string of the molecule is CC1SCC(c2noc(CC(O)C(F)(F)F)n2)SC1C. The quantitative estimate of drug-likeness (QED) is 0.921. The smallest absolute Gasteiger partial charge is 0.383 e. The Morgan fingerprint density at radius 2 is 2.10 bits per heavy atom. The minimum absolute atomic E-state index is 0.0201. The monoisotopic (exact) mass is 328 g/mol. The van der Waals surface area contributed by atoms with Gasteiger partial charge in [0.05, 0.1) is 11.7 Å². The van der Waals surface area contributed by atoms with Gasteiger partial charge in [-0.2, -0.15) is 29.9 Å². The summed E-state index contributed by atoms with van der Waals surface area (Å²) in [5.74, 6) is 1.03. The van der Waals surface area contributed by atoms with E-state index in [0.717, 1.165) is 5.75 Å². The summed E-state index contributed by atoms with van der Waals surface area (Å²) in [6, 6.07) is 0. The van der Waals surface area contributed by atoms with Crippen LogP contribution in [0.15, 0.2) is 4.52 Å². The van der Waals surface area contributed by atoms with E-state index in [1.807, 2.05) is 0 Å². The molecular weight excluding hydrogens is 313 g/mol. The second kappa shape index (κ2) is 6.15. The number of aliphatic hydroxyl groups is 1. The third-order valence-electron chi connectivity index (χ3n) is 3.07. The number of hydrogen-bond donors (Lipinski definition) is 1. The van der Waals surface area contributed by atoms with E-state index in [-0.39, 0.29) is 11.1 Å². The van der Waals surface area contributed by atoms with Gasteiger partial charge in [-0.25, -0.2) is 0 Å². The summed E-state index contributed by atoms with van der Waals surface area (Å²) in [7, 11) is 0. The van der Waals surface area contributed by atoms with E-state index in [1.165, 1.54) is 0 Å². The van der Waals surface area contributed by atoms with Gasteiger partial charge in [0.25, 0.3) is 0 Å². The van der Waals surface area contributed by atoms with Gasteiger partial charge in [0.15, 0.2) is 11.9 Å². The Morgan fingerprint density at radius 1 is 1.40 bits per heavy atom. The number of aromatic nitrogens is 2. The normalized spacial score (nSPS) is 29.4. The van der Waals surface area contributed by atoms with Crippen LogP contribution in [0, 0.1) is 0 Å². The van der Waals surface area contributed by atoms with Crippen LogP contribution in [0.5, 0.6) is 0 Å². The van der Waals surface area contributed by atoms with Gasteiger partial charge in [-0.3, -0.25) is 0 Å². The lowest BCUT2D eigenvalue weighted by Gasteiger charge is -2.29. The maximum atomic E-state index is 12.2. The largest absolute Gasteiger partial charge is 0.414 e. The van der Waals surface area contributed by atoms with E-state index in [0.29, 0.717) is 16.3 Å². The first-order chi connectivity index (χ1) is 9.27. The zero-order valence-corrected chi connectivity index (χ0v) is 12.6. The van der Waals surface area contributed by atoms with E-state index >= 15 is 0 Å². The number of hydrogen-bond acceptors (Lipinski definition) is 6. The van der Waals surface area contributed by atoms with Crippen LogP contribution >= 0.6 is 23.5 Å². The average molecular weight is 328 g/mol. The highest BCUT2D eigenvalue weighted by Crippen LogP contribution is 2.43. The number of alkyl halides is 3. The van der Waals surface area contributed by atoms with Crippen molar-refractivity contribution in [3.8, 4) is 0 Å². The van der Waals surface area contributed by atoms with Crippen LogP contribution in [-0.2, 0) is 6.42 Å². The van der Waals surface area contributed by atoms with E-state index in [2.05, 4.69) is 24.0 Å². The molecule has 2 heterocycles. The molecule has 1 aliphatic rings. The van der Waals surface area contributed by atoms with Gasteiger partial charge in [0.1, 0.15) is 0 Å². The maximum absolute atomic E-state index is 12.2. The molecule has 1 N–H and O–H groups in total. The van der Waals surface area contributed by atoms with Crippen molar-refractivity contribution in [2.45, 2.75) is 48.3 Å². The van der Waals surface area contributed by atoms with Crippen molar-refractivity contribution in [3.63, 3.8) is 0 Å². The van der Waals surface area contributed by atoms with Gasteiger partial charge >= 0.3 is 6.18 Å². The molecule has 4 atom stereocenters. The van der Waals surface area contributed by atoms with E-state index < -0.39 is 18.7 Å². The zero-order valence-electron chi connectivity index (χ0n) is 10.9. The molecule has 0 saturated carbocycles. The Labute approximate surface area is 122 Å². The Hall–Kier alpha value is -0.410. The van der Waals surface area contributed by atoms with Crippen LogP contribution in [0.3, 0.4) is 0 Å². The Bertz CT molecular complexity index is 455. The van der Waals surface area contributed by atoms with Crippen molar-refractivity contribution in [2.75, 3.05) is 5.75 Å². The van der Waals surface area contributed by atoms with Gasteiger partial charge in [-0.15, -0.1) is 11.8 Å². The highest BCUT2D eigenvalue weighted by molar-refractivity contribution is 8.07. The van der Waals surface area contributed by atoms with E-state index in [4.69, 9.17) is 9.63 Å². The first-order valence-electron chi connectivity index (χ1n) is 6.11. The molecule has 0 amide bonds. The molecule has 4 nitrogen and oxygen atoms in total. The molecule has 1 saturated heterocycles. The first-order valence-corrected chi connectivity index (χ1v) is 8.11. The number of rotatable bonds is 3. The zero-order chi connectivity index (χ0) is 14.9. The summed E-state index contributed by atoms with van der Waals surface area (Å²) in [4.78, 5) is 3.97. The van der Waals surface area contributed by atoms with E-state index in [9.17, 15) is 13.2 Å². The van der Waals surface area contributed by atoms with Crippen molar-refractivity contribution in [1.29, 1.82) is 0 Å². The summed E-state index contributed by atoms with van der Waals surface area (Å²) in [5, 5.41) is 13.7. The summed E-state index contributed by atoms with van der Waals surface area (Å²) >= 11 is 3.48. The van der Waals surface area contributed by atoms with Gasteiger partial charge in [-0.05, 0) is 0 Å². The third-order valence-corrected chi connectivity index (χ3v) is 6.45. The Kier molecular flexibility index (Phi) is 4.91. The lowest BCUT2D eigenvalue weighted by Crippen LogP contribution is -2.30. The minimum atomic E-state index is -4.67. The van der Waals surface area contributed by atoms with Crippen molar-refractivity contribution < 1.29 is 22.8 Å². The predicted molar refractivity (Wildman–Crippen MR) is 71.8 cm³/mol. The maximum Gasteiger partial charge on any atom is 0.414 e. The van der Waals surface area contributed by atoms with Crippen LogP contribution in [0.25, 0.3) is 0 Å². The molecule has 9 heteroatoms. The molecule has 0 radical (unpaired) electrons. The molecule has 0 aromatic carbocycles. The molecular formula is C11H15F3N2O2S2. The topological polar surface area (TPSA) is 59.2 Å². The fraction of sp³-hybridized carbons (Fsp3) is 0.818. The van der Waals surface area contributed by atoms with Crippen LogP contribution in [0.4, 0.5) is 13.2 Å². The highest BCUT2D eigenvalue weighted by atomic mass is 32.2. The van der Waals surface area contributed by atoms with Crippen molar-refractivity contribution >= 4 is 23.5 Å². The molecule has 4 unspecified atom stereocenters. The van der Waals surface area contributed by atoms with Gasteiger partial charge < -0.3 is 9.63 Å². The molecule has 2 rings (SSSR count). The molecule has 0 bridgehead atoms. The molecule has 114 valence electrons. The second-order valence-corrected chi connectivity index (χ2v) is 7.67. The summed E-state index contributed by atoms with van der Waals surface area (Å²) in [6.07, 6.45) is -7.84. The summed E-state index contributed by atoms with van der Waals surface area (Å²) in [6.45, 7) is 4.24. The standard InChI is InChI=1S/C11H15F3N2O2S2/c1-5-6(2)20-7(4-19-5)10-15-9(18-16-10)3-8(17)11(12,13)14/h5-8,17H,3-4H2,1-2H3. The number of halogens is 3. The number of thioether (sulfide) groups is 2. The van der Waals surface area contributed by atoms with Crippen LogP contribution in [0.2, 0.25) is 0 Å². The average Bonchev–Trinajstić information content (AvgIpc) is 2.80. The van der Waals surface area contributed by atoms with Crippen molar-refractivity contribution in [2.24, 2.45) is 0 Å². The van der Waals surface area contributed by atoms with Gasteiger partial charge in [0.2, 0.25) is 5.89 Å². The Balaban J connectivity index is 1.99. The van der Waals surface area contributed by atoms with Gasteiger partial charge in [0, 0.05) is 16.3 Å². The summed E-state index contributed by atoms with van der Waals surface area (Å²) < 4.78 is 41.5. The molecule has 1 fully saturated rings. The molecule has 0 spiro atoms. The molecule has 0 aliphatic carbocycles. The Morgan fingerprint density at radius 3 is 2.70 bits per heavy atom. The molecule has 1 aromatic rings. The number of nitrogens with zero attached hydrogens (tertiary/aromatic N) is 2. The minimum Gasteiger partial charge on any atom is -0.383 e. The third kappa shape index (κ3) is 3.82. The fourth-order valence-electron chi connectivity index (χ4n) is 1.68. The fourth-order valence-corrected chi connectivity index (χ4v) is 4.52. The van der Waals surface area contributed by atoms with Crippen LogP contribution in [-0.4, -0.2) is 43.8 Å². The second-order valence-electron chi connectivity index (χ2n) is 4.68. The van der Waals surface area contributed by atoms with Crippen LogP contribution in [0.1, 0.15) is 30.8 Å².